The number of aliphatic hydroxyl groups is 1. The number of piperidine rings is 1. The third-order valence-corrected chi connectivity index (χ3v) is 5.44. The van der Waals surface area contributed by atoms with E-state index in [1.165, 1.54) is 6.42 Å². The van der Waals surface area contributed by atoms with Crippen LogP contribution >= 0.6 is 0 Å². The van der Waals surface area contributed by atoms with Gasteiger partial charge in [-0.05, 0) is 43.5 Å². The van der Waals surface area contributed by atoms with Crippen molar-refractivity contribution in [1.82, 2.24) is 5.32 Å². The molecule has 1 heterocycles. The van der Waals surface area contributed by atoms with Crippen molar-refractivity contribution in [3.8, 4) is 17.2 Å². The number of hydrogen-bond donors (Lipinski definition) is 2. The summed E-state index contributed by atoms with van der Waals surface area (Å²) in [5.74, 6) is 2.16. The number of ether oxygens (including phenoxy) is 3. The first-order valence-corrected chi connectivity index (χ1v) is 8.38. The van der Waals surface area contributed by atoms with E-state index in [1.54, 1.807) is 21.3 Å². The molecule has 0 amide bonds. The van der Waals surface area contributed by atoms with E-state index < -0.39 is 5.60 Å². The maximum absolute atomic E-state index is 11.0. The molecule has 5 heteroatoms. The van der Waals surface area contributed by atoms with Gasteiger partial charge in [0.15, 0.2) is 11.5 Å². The zero-order chi connectivity index (χ0) is 16.4. The first kappa shape index (κ1) is 16.4. The monoisotopic (exact) mass is 321 g/mol. The summed E-state index contributed by atoms with van der Waals surface area (Å²) >= 11 is 0. The van der Waals surface area contributed by atoms with Crippen molar-refractivity contribution >= 4 is 0 Å². The molecule has 2 fully saturated rings. The van der Waals surface area contributed by atoms with E-state index in [0.717, 1.165) is 37.8 Å². The Labute approximate surface area is 137 Å². The molecule has 2 aliphatic rings. The van der Waals surface area contributed by atoms with Crippen molar-refractivity contribution < 1.29 is 19.3 Å². The molecular formula is C18H27NO4. The Morgan fingerprint density at radius 1 is 1.04 bits per heavy atom. The lowest BCUT2D eigenvalue weighted by molar-refractivity contribution is -0.0861. The highest BCUT2D eigenvalue weighted by Crippen LogP contribution is 2.48. The van der Waals surface area contributed by atoms with Gasteiger partial charge in [-0.15, -0.1) is 0 Å². The Bertz CT molecular complexity index is 533. The Morgan fingerprint density at radius 3 is 2.35 bits per heavy atom. The lowest BCUT2D eigenvalue weighted by Gasteiger charge is -2.48. The minimum Gasteiger partial charge on any atom is -0.493 e. The van der Waals surface area contributed by atoms with E-state index >= 15 is 0 Å². The van der Waals surface area contributed by atoms with Crippen molar-refractivity contribution in [1.29, 1.82) is 0 Å². The van der Waals surface area contributed by atoms with Crippen molar-refractivity contribution in [3.05, 3.63) is 17.7 Å². The van der Waals surface area contributed by atoms with Gasteiger partial charge in [-0.3, -0.25) is 0 Å². The van der Waals surface area contributed by atoms with Crippen LogP contribution in [0.1, 0.15) is 43.7 Å². The van der Waals surface area contributed by atoms with Crippen LogP contribution in [0.5, 0.6) is 17.2 Å². The molecule has 1 saturated heterocycles. The molecule has 2 N–H and O–H groups in total. The zero-order valence-corrected chi connectivity index (χ0v) is 14.2. The third kappa shape index (κ3) is 2.88. The Balaban J connectivity index is 2.00. The average molecular weight is 321 g/mol. The van der Waals surface area contributed by atoms with Crippen LogP contribution in [0.25, 0.3) is 0 Å². The van der Waals surface area contributed by atoms with E-state index in [4.69, 9.17) is 14.2 Å². The fraction of sp³-hybridized carbons (Fsp3) is 0.667. The van der Waals surface area contributed by atoms with Crippen LogP contribution in [-0.4, -0.2) is 38.6 Å². The molecule has 5 nitrogen and oxygen atoms in total. The van der Waals surface area contributed by atoms with Crippen molar-refractivity contribution in [2.45, 2.75) is 43.7 Å². The summed E-state index contributed by atoms with van der Waals surface area (Å²) in [5, 5.41) is 14.6. The van der Waals surface area contributed by atoms with Crippen molar-refractivity contribution in [2.75, 3.05) is 27.9 Å². The summed E-state index contributed by atoms with van der Waals surface area (Å²) in [6, 6.07) is 4.11. The maximum Gasteiger partial charge on any atom is 0.203 e. The summed E-state index contributed by atoms with van der Waals surface area (Å²) in [4.78, 5) is 0. The Morgan fingerprint density at radius 2 is 1.74 bits per heavy atom. The highest BCUT2D eigenvalue weighted by Gasteiger charge is 2.46. The van der Waals surface area contributed by atoms with Crippen LogP contribution in [0, 0.1) is 5.92 Å². The smallest absolute Gasteiger partial charge is 0.203 e. The first-order valence-electron chi connectivity index (χ1n) is 8.38. The molecule has 3 atom stereocenters. The predicted octanol–water partition coefficient (Wildman–Crippen LogP) is 2.67. The first-order chi connectivity index (χ1) is 11.1. The van der Waals surface area contributed by atoms with E-state index in [9.17, 15) is 5.11 Å². The van der Waals surface area contributed by atoms with Gasteiger partial charge in [-0.2, -0.15) is 0 Å². The molecule has 0 aromatic heterocycles. The summed E-state index contributed by atoms with van der Waals surface area (Å²) < 4.78 is 16.4. The zero-order valence-electron chi connectivity index (χ0n) is 14.2. The fourth-order valence-electron chi connectivity index (χ4n) is 4.25. The normalized spacial score (nSPS) is 30.4. The van der Waals surface area contributed by atoms with Gasteiger partial charge >= 0.3 is 0 Å². The van der Waals surface area contributed by atoms with Crippen LogP contribution in [0.15, 0.2) is 12.1 Å². The Hall–Kier alpha value is -1.46. The van der Waals surface area contributed by atoms with Crippen LogP contribution in [0.2, 0.25) is 0 Å². The van der Waals surface area contributed by atoms with Gasteiger partial charge in [0, 0.05) is 12.0 Å². The van der Waals surface area contributed by atoms with Gasteiger partial charge in [-0.25, -0.2) is 0 Å². The van der Waals surface area contributed by atoms with E-state index in [0.29, 0.717) is 17.2 Å². The molecule has 1 aromatic rings. The van der Waals surface area contributed by atoms with Crippen LogP contribution in [-0.2, 0) is 0 Å². The second-order valence-electron chi connectivity index (χ2n) is 6.60. The summed E-state index contributed by atoms with van der Waals surface area (Å²) in [5.41, 5.74) is 0.540. The standard InChI is InChI=1S/C18H27NO4/c1-21-14-10-12(11-15(22-2)17(14)23-3)16-13-6-4-5-7-18(13,20)8-9-19-16/h10-11,13,16,19-20H,4-9H2,1-3H3/t13-,16-,18+/m0/s1. The number of fused-ring (bicyclic) bond motifs is 1. The van der Waals surface area contributed by atoms with Crippen LogP contribution < -0.4 is 19.5 Å². The van der Waals surface area contributed by atoms with Crippen LogP contribution in [0.3, 0.4) is 0 Å². The minimum atomic E-state index is -0.547. The molecule has 1 saturated carbocycles. The fourth-order valence-corrected chi connectivity index (χ4v) is 4.25. The predicted molar refractivity (Wildman–Crippen MR) is 88.4 cm³/mol. The molecule has 23 heavy (non-hydrogen) atoms. The molecule has 3 rings (SSSR count). The number of rotatable bonds is 4. The van der Waals surface area contributed by atoms with Gasteiger partial charge in [0.1, 0.15) is 0 Å². The number of benzene rings is 1. The summed E-state index contributed by atoms with van der Waals surface area (Å²) in [6.07, 6.45) is 5.08. The minimum absolute atomic E-state index is 0.114. The molecule has 0 spiro atoms. The van der Waals surface area contributed by atoms with Crippen LogP contribution in [0.4, 0.5) is 0 Å². The second-order valence-corrected chi connectivity index (χ2v) is 6.60. The largest absolute Gasteiger partial charge is 0.493 e. The van der Waals surface area contributed by atoms with Gasteiger partial charge in [-0.1, -0.05) is 12.8 Å². The topological polar surface area (TPSA) is 60.0 Å². The quantitative estimate of drug-likeness (QED) is 0.893. The summed E-state index contributed by atoms with van der Waals surface area (Å²) in [7, 11) is 4.87. The number of hydrogen-bond acceptors (Lipinski definition) is 5. The summed E-state index contributed by atoms with van der Waals surface area (Å²) in [6.45, 7) is 0.828. The maximum atomic E-state index is 11.0. The molecule has 1 aliphatic heterocycles. The van der Waals surface area contributed by atoms with Crippen molar-refractivity contribution in [2.24, 2.45) is 5.92 Å². The van der Waals surface area contributed by atoms with Crippen molar-refractivity contribution in [3.63, 3.8) is 0 Å². The molecule has 0 unspecified atom stereocenters. The highest BCUT2D eigenvalue weighted by atomic mass is 16.5. The molecule has 0 radical (unpaired) electrons. The third-order valence-electron chi connectivity index (χ3n) is 5.44. The molecule has 1 aromatic carbocycles. The van der Waals surface area contributed by atoms with E-state index in [2.05, 4.69) is 5.32 Å². The van der Waals surface area contributed by atoms with Gasteiger partial charge in [0.2, 0.25) is 5.75 Å². The molecule has 1 aliphatic carbocycles. The number of nitrogens with one attached hydrogen (secondary N) is 1. The molecular weight excluding hydrogens is 294 g/mol. The Kier molecular flexibility index (Phi) is 4.69. The SMILES string of the molecule is COc1cc([C@@H]2NCC[C@]3(O)CCCC[C@@H]23)cc(OC)c1OC. The molecule has 0 bridgehead atoms. The van der Waals surface area contributed by atoms with E-state index in [1.807, 2.05) is 12.1 Å². The molecule has 128 valence electrons. The van der Waals surface area contributed by atoms with Gasteiger partial charge in [0.25, 0.3) is 0 Å². The van der Waals surface area contributed by atoms with Gasteiger partial charge in [0.05, 0.1) is 26.9 Å². The second kappa shape index (κ2) is 6.57. The number of methoxy groups -OCH3 is 3. The highest BCUT2D eigenvalue weighted by molar-refractivity contribution is 5.54. The lowest BCUT2D eigenvalue weighted by atomic mass is 9.67. The lowest BCUT2D eigenvalue weighted by Crippen LogP contribution is -2.53. The average Bonchev–Trinajstić information content (AvgIpc) is 2.59. The van der Waals surface area contributed by atoms with E-state index in [-0.39, 0.29) is 12.0 Å². The van der Waals surface area contributed by atoms with Gasteiger partial charge < -0.3 is 24.6 Å².